The van der Waals surface area contributed by atoms with Gasteiger partial charge in [-0.15, -0.1) is 0 Å². The van der Waals surface area contributed by atoms with Gasteiger partial charge < -0.3 is 62.3 Å². The Morgan fingerprint density at radius 2 is 1.08 bits per heavy atom. The molecule has 0 aliphatic rings. The first-order valence-corrected chi connectivity index (χ1v) is 26.6. The Kier molecular flexibility index (Phi) is 26.9. The van der Waals surface area contributed by atoms with Crippen LogP contribution in [0.1, 0.15) is 142 Å². The predicted molar refractivity (Wildman–Crippen MR) is 294 cm³/mol. The largest absolute Gasteiger partial charge is 0.493 e. The summed E-state index contributed by atoms with van der Waals surface area (Å²) in [7, 11) is 0. The molecule has 20 heteroatoms. The maximum atomic E-state index is 14.3. The SMILES string of the molecule is CCCCc1ccc(-c2ccc(C(=O)NCCC(=O)N[C@@H](CCCCNC(=O)OC(C)(C)C)C(=O)N[C@@H](Cc3ccc(OCC(C)C)cc3)C(=O)N[C@@H](N)C(=O)N[C@@H](CCCCNC(=O)OC(C)(C)C)C(=O)O)cc2)cc1. The van der Waals surface area contributed by atoms with Crippen LogP contribution in [0.3, 0.4) is 0 Å². The van der Waals surface area contributed by atoms with Crippen molar-refractivity contribution < 1.29 is 57.7 Å². The zero-order valence-electron chi connectivity index (χ0n) is 46.4. The summed E-state index contributed by atoms with van der Waals surface area (Å²) in [4.78, 5) is 105. The Balaban J connectivity index is 1.74. The van der Waals surface area contributed by atoms with Crippen molar-refractivity contribution in [2.45, 2.75) is 168 Å². The number of carbonyl (C=O) groups is 8. The zero-order valence-corrected chi connectivity index (χ0v) is 46.4. The molecule has 0 bridgehead atoms. The number of benzene rings is 3. The van der Waals surface area contributed by atoms with Crippen LogP contribution in [0.2, 0.25) is 0 Å². The van der Waals surface area contributed by atoms with Gasteiger partial charge in [-0.1, -0.05) is 75.7 Å². The number of amides is 7. The minimum Gasteiger partial charge on any atom is -0.493 e. The van der Waals surface area contributed by atoms with Crippen LogP contribution in [0.25, 0.3) is 11.1 Å². The van der Waals surface area contributed by atoms with Crippen molar-refractivity contribution in [1.82, 2.24) is 37.2 Å². The minimum absolute atomic E-state index is 0.0211. The molecule has 0 saturated heterocycles. The van der Waals surface area contributed by atoms with E-state index in [1.807, 2.05) is 26.0 Å². The summed E-state index contributed by atoms with van der Waals surface area (Å²) in [6.45, 7) is 17.3. The summed E-state index contributed by atoms with van der Waals surface area (Å²) in [6.07, 6.45) is 1.39. The number of aliphatic carboxylic acids is 1. The predicted octanol–water partition coefficient (Wildman–Crippen LogP) is 6.42. The van der Waals surface area contributed by atoms with Crippen LogP contribution in [0, 0.1) is 5.92 Å². The molecule has 0 spiro atoms. The highest BCUT2D eigenvalue weighted by Crippen LogP contribution is 2.22. The topological polar surface area (TPSA) is 295 Å². The number of hydrogen-bond donors (Lipinski definition) is 9. The van der Waals surface area contributed by atoms with Crippen LogP contribution in [0.5, 0.6) is 5.75 Å². The van der Waals surface area contributed by atoms with Crippen molar-refractivity contribution in [3.63, 3.8) is 0 Å². The summed E-state index contributed by atoms with van der Waals surface area (Å²) in [5, 5.41) is 28.1. The van der Waals surface area contributed by atoms with Crippen molar-refractivity contribution in [2.24, 2.45) is 11.7 Å². The molecule has 0 radical (unpaired) electrons. The lowest BCUT2D eigenvalue weighted by Crippen LogP contribution is -2.60. The van der Waals surface area contributed by atoms with Gasteiger partial charge in [0.05, 0.1) is 6.61 Å². The first-order chi connectivity index (χ1) is 36.3. The molecule has 3 aromatic rings. The fourth-order valence-corrected chi connectivity index (χ4v) is 7.48. The molecule has 7 amide bonds. The van der Waals surface area contributed by atoms with Crippen LogP contribution in [0.4, 0.5) is 9.59 Å². The van der Waals surface area contributed by atoms with Gasteiger partial charge in [0.15, 0.2) is 6.17 Å². The number of carbonyl (C=O) groups excluding carboxylic acids is 7. The van der Waals surface area contributed by atoms with Crippen LogP contribution < -0.4 is 47.7 Å². The molecule has 424 valence electrons. The van der Waals surface area contributed by atoms with E-state index >= 15 is 0 Å². The highest BCUT2D eigenvalue weighted by atomic mass is 16.6. The lowest BCUT2D eigenvalue weighted by molar-refractivity contribution is -0.142. The number of hydrogen-bond acceptors (Lipinski definition) is 12. The molecule has 20 nitrogen and oxygen atoms in total. The molecule has 0 aliphatic carbocycles. The molecular formula is C57H84N8O12. The molecule has 77 heavy (non-hydrogen) atoms. The van der Waals surface area contributed by atoms with Gasteiger partial charge in [0.1, 0.15) is 35.1 Å². The van der Waals surface area contributed by atoms with Crippen molar-refractivity contribution in [3.8, 4) is 16.9 Å². The average Bonchev–Trinajstić information content (AvgIpc) is 3.35. The summed E-state index contributed by atoms with van der Waals surface area (Å²) in [5.41, 5.74) is 8.95. The lowest BCUT2D eigenvalue weighted by Gasteiger charge is -2.25. The highest BCUT2D eigenvalue weighted by molar-refractivity contribution is 5.96. The molecule has 0 aliphatic heterocycles. The van der Waals surface area contributed by atoms with Gasteiger partial charge in [-0.3, -0.25) is 24.0 Å². The summed E-state index contributed by atoms with van der Waals surface area (Å²) in [5.74, 6) is -4.11. The van der Waals surface area contributed by atoms with Gasteiger partial charge in [0.25, 0.3) is 11.8 Å². The molecule has 4 atom stereocenters. The number of nitrogens with two attached hydrogens (primary N) is 1. The van der Waals surface area contributed by atoms with E-state index in [1.165, 1.54) is 5.56 Å². The second-order valence-electron chi connectivity index (χ2n) is 21.4. The quantitative estimate of drug-likeness (QED) is 0.0249. The van der Waals surface area contributed by atoms with Crippen molar-refractivity contribution in [3.05, 3.63) is 89.5 Å². The van der Waals surface area contributed by atoms with E-state index in [9.17, 15) is 43.5 Å². The van der Waals surface area contributed by atoms with Crippen molar-refractivity contribution in [2.75, 3.05) is 26.2 Å². The van der Waals surface area contributed by atoms with E-state index in [0.29, 0.717) is 49.2 Å². The number of rotatable bonds is 31. The Labute approximate surface area is 453 Å². The van der Waals surface area contributed by atoms with E-state index < -0.39 is 83.2 Å². The fourth-order valence-electron chi connectivity index (χ4n) is 7.48. The number of nitrogens with one attached hydrogen (secondary N) is 7. The van der Waals surface area contributed by atoms with Gasteiger partial charge >= 0.3 is 18.2 Å². The van der Waals surface area contributed by atoms with E-state index in [1.54, 1.807) is 77.9 Å². The Hall–Kier alpha value is -7.22. The molecule has 3 aromatic carbocycles. The third-order valence-electron chi connectivity index (χ3n) is 11.5. The van der Waals surface area contributed by atoms with Gasteiger partial charge in [0, 0.05) is 38.0 Å². The fraction of sp³-hybridized carbons (Fsp3) is 0.544. The monoisotopic (exact) mass is 1070 g/mol. The third kappa shape index (κ3) is 26.4. The number of unbranched alkanes of at least 4 members (excludes halogenated alkanes) is 3. The van der Waals surface area contributed by atoms with Crippen molar-refractivity contribution in [1.29, 1.82) is 0 Å². The van der Waals surface area contributed by atoms with E-state index in [4.69, 9.17) is 19.9 Å². The molecule has 0 unspecified atom stereocenters. The lowest BCUT2D eigenvalue weighted by atomic mass is 10.0. The Morgan fingerprint density at radius 3 is 1.60 bits per heavy atom. The maximum absolute atomic E-state index is 14.3. The number of carboxylic acids is 1. The third-order valence-corrected chi connectivity index (χ3v) is 11.5. The maximum Gasteiger partial charge on any atom is 0.407 e. The molecule has 0 heterocycles. The smallest absolute Gasteiger partial charge is 0.407 e. The summed E-state index contributed by atoms with van der Waals surface area (Å²) in [6, 6.07) is 18.4. The Bertz CT molecular complexity index is 2370. The minimum atomic E-state index is -1.75. The second-order valence-corrected chi connectivity index (χ2v) is 21.4. The number of ether oxygens (including phenoxy) is 3. The molecule has 10 N–H and O–H groups in total. The first-order valence-electron chi connectivity index (χ1n) is 26.6. The van der Waals surface area contributed by atoms with Crippen LogP contribution in [-0.4, -0.2) is 115 Å². The second kappa shape index (κ2) is 32.4. The van der Waals surface area contributed by atoms with Crippen LogP contribution in [-0.2, 0) is 46.3 Å². The molecule has 0 fully saturated rings. The Morgan fingerprint density at radius 1 is 0.571 bits per heavy atom. The molecule has 0 saturated carbocycles. The van der Waals surface area contributed by atoms with Crippen LogP contribution >= 0.6 is 0 Å². The average molecular weight is 1070 g/mol. The summed E-state index contributed by atoms with van der Waals surface area (Å²) >= 11 is 0. The molecule has 0 aromatic heterocycles. The van der Waals surface area contributed by atoms with E-state index in [-0.39, 0.29) is 51.2 Å². The highest BCUT2D eigenvalue weighted by Gasteiger charge is 2.31. The number of aryl methyl sites for hydroxylation is 1. The zero-order chi connectivity index (χ0) is 57.1. The van der Waals surface area contributed by atoms with Crippen LogP contribution in [0.15, 0.2) is 72.8 Å². The van der Waals surface area contributed by atoms with Gasteiger partial charge in [0.2, 0.25) is 17.7 Å². The number of alkyl carbamates (subject to hydrolysis) is 2. The van der Waals surface area contributed by atoms with Crippen molar-refractivity contribution >= 4 is 47.7 Å². The van der Waals surface area contributed by atoms with Gasteiger partial charge in [-0.25, -0.2) is 14.4 Å². The number of carboxylic acid groups (broad SMARTS) is 1. The summed E-state index contributed by atoms with van der Waals surface area (Å²) < 4.78 is 16.3. The normalized spacial score (nSPS) is 12.9. The standard InChI is InChI=1S/C57H84N8O12/c1-10-11-16-38-19-23-40(24-20-38)41-25-27-42(28-26-41)49(67)59-34-31-47(66)62-44(17-12-14-32-60-54(73)76-56(4,5)6)50(68)64-46(35-39-21-29-43(30-22-39)75-36-37(2)3)51(69)65-48(58)52(70)63-45(53(71)72)18-13-15-33-61-55(74)77-57(7,8)9/h19-30,37,44-46,48H,10-18,31-36,58H2,1-9H3,(H,59,67)(H,60,73)(H,61,74)(H,62,66)(H,63,70)(H,64,68)(H,65,69)(H,71,72)/t44-,45-,46-,48+/m0/s1. The first kappa shape index (κ1) is 64.1. The van der Waals surface area contributed by atoms with E-state index in [2.05, 4.69) is 68.4 Å². The van der Waals surface area contributed by atoms with Gasteiger partial charge in [-0.05, 0) is 145 Å². The van der Waals surface area contributed by atoms with E-state index in [0.717, 1.165) is 30.4 Å². The van der Waals surface area contributed by atoms with Gasteiger partial charge in [-0.2, -0.15) is 0 Å². The molecular weight excluding hydrogens is 989 g/mol. The molecule has 3 rings (SSSR count).